The molecule has 1 aromatic heterocycles. The summed E-state index contributed by atoms with van der Waals surface area (Å²) in [6.45, 7) is 4.72. The molecule has 0 spiro atoms. The fourth-order valence-corrected chi connectivity index (χ4v) is 3.64. The highest BCUT2D eigenvalue weighted by molar-refractivity contribution is 6.20. The van der Waals surface area contributed by atoms with Crippen molar-refractivity contribution >= 4 is 29.5 Å². The minimum absolute atomic E-state index is 0.0438. The van der Waals surface area contributed by atoms with E-state index in [2.05, 4.69) is 15.3 Å². The van der Waals surface area contributed by atoms with Gasteiger partial charge in [-0.25, -0.2) is 9.97 Å². The lowest BCUT2D eigenvalue weighted by atomic mass is 9.81. The van der Waals surface area contributed by atoms with Crippen molar-refractivity contribution in [3.05, 3.63) is 18.5 Å². The van der Waals surface area contributed by atoms with Crippen LogP contribution in [0.25, 0.3) is 0 Å². The Labute approximate surface area is 161 Å². The summed E-state index contributed by atoms with van der Waals surface area (Å²) in [4.78, 5) is 60.1. The Kier molecular flexibility index (Phi) is 5.30. The molecule has 2 amide bonds. The molecule has 2 aliphatic heterocycles. The number of hydrogen-bond acceptors (Lipinski definition) is 7. The number of rotatable bonds is 6. The summed E-state index contributed by atoms with van der Waals surface area (Å²) in [6, 6.07) is 1.74. The second kappa shape index (κ2) is 7.53. The first kappa shape index (κ1) is 19.7. The maximum absolute atomic E-state index is 12.9. The van der Waals surface area contributed by atoms with Gasteiger partial charge >= 0.3 is 5.97 Å². The summed E-state index contributed by atoms with van der Waals surface area (Å²) in [5.41, 5.74) is -0.707. The molecule has 2 aliphatic rings. The van der Waals surface area contributed by atoms with E-state index in [-0.39, 0.29) is 12.3 Å². The molecular formula is C18H23N5O5. The first-order chi connectivity index (χ1) is 13.2. The van der Waals surface area contributed by atoms with E-state index in [9.17, 15) is 19.2 Å². The molecule has 2 fully saturated rings. The third-order valence-corrected chi connectivity index (χ3v) is 5.08. The lowest BCUT2D eigenvalue weighted by molar-refractivity contribution is -0.158. The van der Waals surface area contributed by atoms with E-state index in [0.29, 0.717) is 25.6 Å². The van der Waals surface area contributed by atoms with Gasteiger partial charge < -0.3 is 20.2 Å². The Bertz CT molecular complexity index is 791. The van der Waals surface area contributed by atoms with Gasteiger partial charge in [0.2, 0.25) is 17.8 Å². The Balaban J connectivity index is 1.65. The van der Waals surface area contributed by atoms with Gasteiger partial charge in [0.25, 0.3) is 0 Å². The van der Waals surface area contributed by atoms with Crippen LogP contribution in [0.1, 0.15) is 20.3 Å². The van der Waals surface area contributed by atoms with Crippen LogP contribution in [0.4, 0.5) is 5.95 Å². The van der Waals surface area contributed by atoms with E-state index < -0.39 is 41.6 Å². The summed E-state index contributed by atoms with van der Waals surface area (Å²) in [5.74, 6) is -3.83. The molecule has 1 unspecified atom stereocenters. The maximum atomic E-state index is 12.9. The van der Waals surface area contributed by atoms with Crippen LogP contribution >= 0.6 is 0 Å². The number of hydrogen-bond donors (Lipinski definition) is 2. The molecule has 3 rings (SSSR count). The van der Waals surface area contributed by atoms with Gasteiger partial charge in [0.15, 0.2) is 11.7 Å². The number of nitrogens with one attached hydrogen (secondary N) is 1. The fourth-order valence-electron chi connectivity index (χ4n) is 3.64. The molecule has 2 N–H and O–H groups in total. The van der Waals surface area contributed by atoms with Crippen LogP contribution < -0.4 is 10.2 Å². The number of piperidine rings is 1. The summed E-state index contributed by atoms with van der Waals surface area (Å²) in [5, 5.41) is 10.8. The number of aliphatic carboxylic acids is 1. The molecule has 150 valence electrons. The van der Waals surface area contributed by atoms with Crippen molar-refractivity contribution in [2.75, 3.05) is 31.1 Å². The lowest BCUT2D eigenvalue weighted by Crippen LogP contribution is -2.64. The van der Waals surface area contributed by atoms with Crippen molar-refractivity contribution in [3.8, 4) is 0 Å². The average Bonchev–Trinajstić information content (AvgIpc) is 2.58. The predicted octanol–water partition coefficient (Wildman–Crippen LogP) is -0.690. The van der Waals surface area contributed by atoms with Crippen molar-refractivity contribution in [2.45, 2.75) is 25.8 Å². The number of carboxylic acid groups (broad SMARTS) is 1. The lowest BCUT2D eigenvalue weighted by Gasteiger charge is -2.48. The van der Waals surface area contributed by atoms with Gasteiger partial charge in [-0.05, 0) is 19.9 Å². The van der Waals surface area contributed by atoms with Gasteiger partial charge in [0.1, 0.15) is 6.54 Å². The summed E-state index contributed by atoms with van der Waals surface area (Å²) in [7, 11) is 0. The number of aromatic nitrogens is 2. The fraction of sp³-hybridized carbons (Fsp3) is 0.556. The zero-order valence-corrected chi connectivity index (χ0v) is 15.8. The smallest absolute Gasteiger partial charge is 0.322 e. The number of carboxylic acids is 1. The van der Waals surface area contributed by atoms with E-state index in [1.54, 1.807) is 37.2 Å². The first-order valence-corrected chi connectivity index (χ1v) is 9.04. The Morgan fingerprint density at radius 2 is 1.89 bits per heavy atom. The minimum atomic E-state index is -1.49. The summed E-state index contributed by atoms with van der Waals surface area (Å²) < 4.78 is 0. The van der Waals surface area contributed by atoms with Gasteiger partial charge in [-0.2, -0.15) is 0 Å². The Morgan fingerprint density at radius 3 is 2.50 bits per heavy atom. The molecule has 1 atom stereocenters. The molecule has 10 nitrogen and oxygen atoms in total. The maximum Gasteiger partial charge on any atom is 0.322 e. The third kappa shape index (κ3) is 3.95. The Morgan fingerprint density at radius 1 is 1.25 bits per heavy atom. The molecule has 1 aromatic rings. The van der Waals surface area contributed by atoms with E-state index in [1.807, 2.05) is 4.90 Å². The molecule has 10 heteroatoms. The second-order valence-electron chi connectivity index (χ2n) is 7.77. The van der Waals surface area contributed by atoms with E-state index in [0.717, 1.165) is 0 Å². The number of carbonyl (C=O) groups excluding carboxylic acids is 3. The normalized spacial score (nSPS) is 22.0. The number of carbonyl (C=O) groups is 4. The number of likely N-dealkylation sites (tertiary alicyclic amines) is 1. The van der Waals surface area contributed by atoms with Crippen LogP contribution in [0.5, 0.6) is 0 Å². The van der Waals surface area contributed by atoms with Crippen LogP contribution in [0.3, 0.4) is 0 Å². The molecule has 0 radical (unpaired) electrons. The van der Waals surface area contributed by atoms with Crippen molar-refractivity contribution in [2.24, 2.45) is 11.8 Å². The quantitative estimate of drug-likeness (QED) is 0.611. The van der Waals surface area contributed by atoms with Crippen molar-refractivity contribution in [1.82, 2.24) is 20.2 Å². The van der Waals surface area contributed by atoms with Crippen LogP contribution in [0.2, 0.25) is 0 Å². The molecule has 3 heterocycles. The highest BCUT2D eigenvalue weighted by Crippen LogP contribution is 2.32. The van der Waals surface area contributed by atoms with Crippen molar-refractivity contribution < 1.29 is 24.3 Å². The van der Waals surface area contributed by atoms with E-state index in [1.165, 1.54) is 0 Å². The number of amides is 2. The Hall–Kier alpha value is -3.04. The molecular weight excluding hydrogens is 366 g/mol. The van der Waals surface area contributed by atoms with Gasteiger partial charge in [-0.15, -0.1) is 0 Å². The number of anilines is 1. The van der Waals surface area contributed by atoms with Crippen LogP contribution in [-0.4, -0.2) is 75.3 Å². The van der Waals surface area contributed by atoms with Gasteiger partial charge in [0, 0.05) is 49.9 Å². The largest absolute Gasteiger partial charge is 0.480 e. The molecule has 0 aliphatic carbocycles. The summed E-state index contributed by atoms with van der Waals surface area (Å²) in [6.07, 6.45) is 3.37. The summed E-state index contributed by atoms with van der Waals surface area (Å²) >= 11 is 0. The average molecular weight is 389 g/mol. The molecule has 2 saturated heterocycles. The zero-order chi connectivity index (χ0) is 20.5. The van der Waals surface area contributed by atoms with Crippen molar-refractivity contribution in [1.29, 1.82) is 0 Å². The number of Topliss-reactive ketones (excluding diaryl/α,β-unsaturated/α-hetero) is 1. The highest BCUT2D eigenvalue weighted by atomic mass is 16.4. The molecule has 0 bridgehead atoms. The monoisotopic (exact) mass is 389 g/mol. The van der Waals surface area contributed by atoms with E-state index >= 15 is 0 Å². The second-order valence-corrected chi connectivity index (χ2v) is 7.77. The van der Waals surface area contributed by atoms with Crippen LogP contribution in [0.15, 0.2) is 18.5 Å². The molecule has 28 heavy (non-hydrogen) atoms. The molecule has 0 saturated carbocycles. The molecule has 0 aromatic carbocycles. The minimum Gasteiger partial charge on any atom is -0.480 e. The topological polar surface area (TPSA) is 133 Å². The van der Waals surface area contributed by atoms with E-state index in [4.69, 9.17) is 5.11 Å². The zero-order valence-electron chi connectivity index (χ0n) is 15.8. The predicted molar refractivity (Wildman–Crippen MR) is 97.3 cm³/mol. The van der Waals surface area contributed by atoms with Crippen LogP contribution in [-0.2, 0) is 19.2 Å². The van der Waals surface area contributed by atoms with Crippen molar-refractivity contribution in [3.63, 3.8) is 0 Å². The third-order valence-electron chi connectivity index (χ3n) is 5.08. The van der Waals surface area contributed by atoms with Gasteiger partial charge in [-0.3, -0.25) is 19.2 Å². The highest BCUT2D eigenvalue weighted by Gasteiger charge is 2.49. The number of ketones is 1. The van der Waals surface area contributed by atoms with Crippen LogP contribution in [0, 0.1) is 11.8 Å². The standard InChI is InChI=1S/C18H23N5O5/c1-18(2)6-12(24)14(15(27)21-7-13(25)26)16(28)23(18)10-11-8-22(9-11)17-19-4-3-5-20-17/h3-5,11,14H,6-10H2,1-2H3,(H,21,27)(H,25,26). The first-order valence-electron chi connectivity index (χ1n) is 9.04. The SMILES string of the molecule is CC1(C)CC(=O)C(C(=O)NCC(=O)O)C(=O)N1CC1CN(c2ncccn2)C1. The van der Waals surface area contributed by atoms with Gasteiger partial charge in [-0.1, -0.05) is 0 Å². The van der Waals surface area contributed by atoms with Gasteiger partial charge in [0.05, 0.1) is 0 Å². The number of nitrogens with zero attached hydrogens (tertiary/aromatic N) is 4.